The first-order valence-corrected chi connectivity index (χ1v) is 24.6. The summed E-state index contributed by atoms with van der Waals surface area (Å²) in [5.41, 5.74) is 0.751. The highest BCUT2D eigenvalue weighted by Gasteiger charge is 2.58. The molecule has 0 saturated carbocycles. The molecule has 0 heterocycles. The maximum atomic E-state index is 14.2. The van der Waals surface area contributed by atoms with Crippen molar-refractivity contribution in [1.82, 2.24) is 0 Å². The van der Waals surface area contributed by atoms with Crippen LogP contribution in [-0.4, -0.2) is 17.0 Å². The molecule has 0 unspecified atom stereocenters. The summed E-state index contributed by atoms with van der Waals surface area (Å²) in [6.45, 7) is 6.72. The van der Waals surface area contributed by atoms with Crippen LogP contribution in [0.1, 0.15) is 245 Å². The van der Waals surface area contributed by atoms with Crippen molar-refractivity contribution in [3.63, 3.8) is 0 Å². The molecule has 1 aromatic carbocycles. The fraction of sp³-hybridized carbons (Fsp3) is 0.809. The highest BCUT2D eigenvalue weighted by atomic mass is 31.2. The number of carbonyl (C=O) groups excluding carboxylic acids is 3. The summed E-state index contributed by atoms with van der Waals surface area (Å²) in [6, 6.07) is 9.81. The number of hydrogen-bond acceptors (Lipinski definition) is 4. The number of benzene rings is 1. The third kappa shape index (κ3) is 25.5. The van der Waals surface area contributed by atoms with Crippen molar-refractivity contribution in [2.75, 3.05) is 0 Å². The van der Waals surface area contributed by atoms with Crippen LogP contribution in [0.4, 0.5) is 0 Å². The highest BCUT2D eigenvalue weighted by Crippen LogP contribution is 2.66. The van der Waals surface area contributed by atoms with Crippen LogP contribution >= 0.6 is 7.49 Å². The third-order valence-corrected chi connectivity index (χ3v) is 14.2. The molecule has 0 spiro atoms. The molecule has 0 fully saturated rings. The molecule has 4 nitrogen and oxygen atoms in total. The fourth-order valence-electron chi connectivity index (χ4n) is 7.33. The minimum absolute atomic E-state index is 0.0848. The van der Waals surface area contributed by atoms with Gasteiger partial charge < -0.3 is 0 Å². The molecule has 0 N–H and O–H groups in total. The highest BCUT2D eigenvalue weighted by molar-refractivity contribution is 8.00. The van der Waals surface area contributed by atoms with Crippen molar-refractivity contribution >= 4 is 24.5 Å². The Morgan fingerprint density at radius 3 is 1.02 bits per heavy atom. The first-order valence-electron chi connectivity index (χ1n) is 22.7. The van der Waals surface area contributed by atoms with Gasteiger partial charge in [-0.25, -0.2) is 14.4 Å². The minimum Gasteiger partial charge on any atom is -0.295 e. The average Bonchev–Trinajstić information content (AvgIpc) is 3.15. The smallest absolute Gasteiger partial charge is 0.295 e. The van der Waals surface area contributed by atoms with Crippen molar-refractivity contribution in [2.45, 2.75) is 245 Å². The molecule has 0 bridgehead atoms. The Morgan fingerprint density at radius 1 is 0.404 bits per heavy atom. The monoisotopic (exact) mass is 744 g/mol. The molecule has 0 aliphatic carbocycles. The molecule has 0 atom stereocenters. The van der Waals surface area contributed by atoms with Crippen molar-refractivity contribution in [3.8, 4) is 0 Å². The van der Waals surface area contributed by atoms with Gasteiger partial charge in [0.15, 0.2) is 0 Å². The first-order chi connectivity index (χ1) is 25.5. The molecule has 0 amide bonds. The van der Waals surface area contributed by atoms with E-state index in [0.29, 0.717) is 12.8 Å². The second-order valence-electron chi connectivity index (χ2n) is 15.8. The van der Waals surface area contributed by atoms with E-state index < -0.39 is 7.49 Å². The summed E-state index contributed by atoms with van der Waals surface area (Å²) in [5, 5.41) is 0. The molecule has 0 aliphatic heterocycles. The van der Waals surface area contributed by atoms with Crippen LogP contribution in [0.25, 0.3) is 0 Å². The predicted molar refractivity (Wildman–Crippen MR) is 227 cm³/mol. The summed E-state index contributed by atoms with van der Waals surface area (Å²) in [5.74, 6) is -0.349. The number of hydrogen-bond donors (Lipinski definition) is 0. The van der Waals surface area contributed by atoms with E-state index in [2.05, 4.69) is 20.8 Å². The lowest BCUT2D eigenvalue weighted by molar-refractivity contribution is -0.136. The van der Waals surface area contributed by atoms with Crippen molar-refractivity contribution in [2.24, 2.45) is 0 Å². The van der Waals surface area contributed by atoms with E-state index in [1.807, 2.05) is 30.3 Å². The van der Waals surface area contributed by atoms with Gasteiger partial charge in [0.1, 0.15) is 6.16 Å². The van der Waals surface area contributed by atoms with Gasteiger partial charge >= 0.3 is 24.5 Å². The number of unbranched alkanes of at least 4 members (excludes halogenated alkanes) is 28. The van der Waals surface area contributed by atoms with E-state index >= 15 is 0 Å². The number of rotatable bonds is 39. The largest absolute Gasteiger partial charge is 0.351 e. The molecule has 0 saturated heterocycles. The zero-order chi connectivity index (χ0) is 37.8. The first kappa shape index (κ1) is 48.5. The van der Waals surface area contributed by atoms with Crippen LogP contribution in [0.15, 0.2) is 30.3 Å². The molecular weight excluding hydrogens is 659 g/mol. The van der Waals surface area contributed by atoms with Gasteiger partial charge in [0, 0.05) is 12.8 Å². The zero-order valence-corrected chi connectivity index (χ0v) is 35.6. The topological polar surface area (TPSA) is 60.4 Å². The van der Waals surface area contributed by atoms with Crippen molar-refractivity contribution in [3.05, 3.63) is 35.9 Å². The van der Waals surface area contributed by atoms with E-state index in [9.17, 15) is 14.4 Å². The molecule has 1 aromatic rings. The molecule has 0 aromatic heterocycles. The van der Waals surface area contributed by atoms with Gasteiger partial charge in [-0.1, -0.05) is 231 Å². The van der Waals surface area contributed by atoms with Crippen LogP contribution in [0.5, 0.6) is 0 Å². The van der Waals surface area contributed by atoms with Gasteiger partial charge in [0.25, 0.3) is 0 Å². The van der Waals surface area contributed by atoms with Crippen LogP contribution in [-0.2, 0) is 25.1 Å². The lowest BCUT2D eigenvalue weighted by atomic mass is 10.0. The Morgan fingerprint density at radius 2 is 0.692 bits per heavy atom. The third-order valence-electron chi connectivity index (χ3n) is 10.8. The van der Waals surface area contributed by atoms with Gasteiger partial charge in [-0.05, 0) is 24.8 Å². The van der Waals surface area contributed by atoms with Gasteiger partial charge in [0.2, 0.25) is 0 Å². The average molecular weight is 744 g/mol. The summed E-state index contributed by atoms with van der Waals surface area (Å²) in [4.78, 5) is 41.9. The second-order valence-corrected chi connectivity index (χ2v) is 18.8. The Labute approximate surface area is 323 Å². The normalized spacial score (nSPS) is 11.6. The van der Waals surface area contributed by atoms with E-state index in [1.165, 1.54) is 128 Å². The molecule has 300 valence electrons. The van der Waals surface area contributed by atoms with E-state index in [-0.39, 0.29) is 29.6 Å². The van der Waals surface area contributed by atoms with Crippen molar-refractivity contribution < 1.29 is 18.9 Å². The van der Waals surface area contributed by atoms with Crippen molar-refractivity contribution in [1.29, 1.82) is 0 Å². The van der Waals surface area contributed by atoms with E-state index in [1.54, 1.807) is 0 Å². The van der Waals surface area contributed by atoms with Gasteiger partial charge in [0.05, 0.1) is 6.42 Å². The van der Waals surface area contributed by atoms with Gasteiger partial charge in [-0.3, -0.25) is 4.52 Å². The lowest BCUT2D eigenvalue weighted by Crippen LogP contribution is -2.23. The lowest BCUT2D eigenvalue weighted by Gasteiger charge is -2.22. The zero-order valence-electron chi connectivity index (χ0n) is 34.7. The van der Waals surface area contributed by atoms with Crippen LogP contribution in [0.2, 0.25) is 0 Å². The molecule has 0 radical (unpaired) electrons. The standard InChI is InChI=1S/C47H84O4P/c1-4-7-10-13-15-17-19-21-23-25-27-30-36-41-46(49)52(43-44-38-33-32-34-39-44,51-45(48)40-35-29-12-9-6-3)47(50)42-37-31-28-26-24-22-20-18-16-14-11-8-5-2/h32-34,38-39H,4-31,35-37,40-43H2,1-3H3/q+1. The molecule has 1 rings (SSSR count). The maximum absolute atomic E-state index is 14.2. The summed E-state index contributed by atoms with van der Waals surface area (Å²) < 4.78 is 6.27. The fourth-order valence-corrected chi connectivity index (χ4v) is 10.4. The van der Waals surface area contributed by atoms with E-state index in [0.717, 1.165) is 76.2 Å². The van der Waals surface area contributed by atoms with Crippen LogP contribution in [0.3, 0.4) is 0 Å². The van der Waals surface area contributed by atoms with E-state index in [4.69, 9.17) is 4.52 Å². The Bertz CT molecular complexity index is 935. The Hall–Kier alpha value is -1.54. The Balaban J connectivity index is 2.72. The van der Waals surface area contributed by atoms with Crippen LogP contribution < -0.4 is 0 Å². The quantitative estimate of drug-likeness (QED) is 0.0498. The predicted octanol–water partition coefficient (Wildman–Crippen LogP) is 16.0. The van der Waals surface area contributed by atoms with Gasteiger partial charge in [-0.15, -0.1) is 0 Å². The maximum Gasteiger partial charge on any atom is 0.351 e. The summed E-state index contributed by atoms with van der Waals surface area (Å²) in [6.07, 6.45) is 38.7. The molecule has 5 heteroatoms. The second kappa shape index (κ2) is 35.2. The molecular formula is C47H84O4P+. The molecule has 52 heavy (non-hydrogen) atoms. The Kier molecular flexibility index (Phi) is 32.8. The molecule has 0 aliphatic rings. The summed E-state index contributed by atoms with van der Waals surface area (Å²) in [7, 11) is -3.31. The van der Waals surface area contributed by atoms with Crippen LogP contribution in [0, 0.1) is 0 Å². The number of carbonyl (C=O) groups is 3. The minimum atomic E-state index is -3.31. The SMILES string of the molecule is CCCCCCCCCCCCCCCC(=O)[P+](Cc1ccccc1)(OC(=O)CCCCCCC)C(=O)CCCCCCCCCCCCCCC. The summed E-state index contributed by atoms with van der Waals surface area (Å²) >= 11 is 0. The van der Waals surface area contributed by atoms with Gasteiger partial charge in [-0.2, -0.15) is 0 Å².